The van der Waals surface area contributed by atoms with Gasteiger partial charge in [-0.3, -0.25) is 0 Å². The Morgan fingerprint density at radius 3 is 2.15 bits per heavy atom. The van der Waals surface area contributed by atoms with Crippen molar-refractivity contribution in [3.05, 3.63) is 65.0 Å². The number of hydrogen-bond acceptors (Lipinski definition) is 2. The summed E-state index contributed by atoms with van der Waals surface area (Å²) in [6.07, 6.45) is -5.73. The molecular weight excluding hydrogens is 274 g/mol. The lowest BCUT2D eigenvalue weighted by Gasteiger charge is -2.15. The summed E-state index contributed by atoms with van der Waals surface area (Å²) in [5.41, 5.74) is 5.29. The van der Waals surface area contributed by atoms with Crippen LogP contribution >= 0.6 is 0 Å². The van der Waals surface area contributed by atoms with Crippen molar-refractivity contribution in [2.75, 3.05) is 5.73 Å². The van der Waals surface area contributed by atoms with Gasteiger partial charge >= 0.3 is 6.18 Å². The largest absolute Gasteiger partial charge is 0.416 e. The molecule has 2 rings (SSSR count). The van der Waals surface area contributed by atoms with Gasteiger partial charge in [0.2, 0.25) is 0 Å². The summed E-state index contributed by atoms with van der Waals surface area (Å²) >= 11 is 0. The van der Waals surface area contributed by atoms with Crippen LogP contribution in [-0.4, -0.2) is 5.11 Å². The van der Waals surface area contributed by atoms with E-state index in [0.717, 1.165) is 36.4 Å². The molecule has 2 aromatic carbocycles. The number of rotatable bonds is 2. The third-order valence-corrected chi connectivity index (χ3v) is 2.90. The molecule has 1 atom stereocenters. The molecule has 0 heterocycles. The Balaban J connectivity index is 2.34. The van der Waals surface area contributed by atoms with Gasteiger partial charge in [0, 0.05) is 11.3 Å². The van der Waals surface area contributed by atoms with Crippen LogP contribution in [0.5, 0.6) is 0 Å². The monoisotopic (exact) mass is 285 g/mol. The molecule has 0 saturated carbocycles. The fraction of sp³-hybridized carbons (Fsp3) is 0.143. The molecule has 2 aromatic rings. The van der Waals surface area contributed by atoms with Crippen molar-refractivity contribution in [3.8, 4) is 0 Å². The van der Waals surface area contributed by atoms with Gasteiger partial charge in [-0.1, -0.05) is 12.1 Å². The van der Waals surface area contributed by atoms with Crippen LogP contribution < -0.4 is 5.73 Å². The first-order valence-electron chi connectivity index (χ1n) is 5.69. The van der Waals surface area contributed by atoms with E-state index in [1.807, 2.05) is 0 Å². The van der Waals surface area contributed by atoms with Crippen molar-refractivity contribution in [1.82, 2.24) is 0 Å². The molecule has 0 aliphatic heterocycles. The number of hydrogen-bond donors (Lipinski definition) is 2. The maximum absolute atomic E-state index is 13.1. The first-order valence-corrected chi connectivity index (χ1v) is 5.69. The van der Waals surface area contributed by atoms with Gasteiger partial charge in [0.25, 0.3) is 0 Å². The molecule has 6 heteroatoms. The molecule has 3 N–H and O–H groups in total. The highest BCUT2D eigenvalue weighted by molar-refractivity contribution is 5.50. The quantitative estimate of drug-likeness (QED) is 0.655. The summed E-state index contributed by atoms with van der Waals surface area (Å²) in [7, 11) is 0. The van der Waals surface area contributed by atoms with E-state index in [-0.39, 0.29) is 16.8 Å². The molecule has 0 fully saturated rings. The van der Waals surface area contributed by atoms with Gasteiger partial charge in [-0.05, 0) is 35.9 Å². The van der Waals surface area contributed by atoms with Gasteiger partial charge < -0.3 is 10.8 Å². The van der Waals surface area contributed by atoms with E-state index in [1.165, 1.54) is 6.07 Å². The minimum Gasteiger partial charge on any atom is -0.398 e. The van der Waals surface area contributed by atoms with Crippen LogP contribution in [0.2, 0.25) is 0 Å². The molecule has 0 aliphatic rings. The van der Waals surface area contributed by atoms with Crippen LogP contribution in [0.25, 0.3) is 0 Å². The van der Waals surface area contributed by atoms with Crippen molar-refractivity contribution in [2.24, 2.45) is 0 Å². The van der Waals surface area contributed by atoms with Gasteiger partial charge in [-0.15, -0.1) is 0 Å². The fourth-order valence-corrected chi connectivity index (χ4v) is 1.82. The molecule has 0 amide bonds. The van der Waals surface area contributed by atoms with E-state index < -0.39 is 23.7 Å². The molecular formula is C14H11F4NO. The molecule has 0 aliphatic carbocycles. The van der Waals surface area contributed by atoms with E-state index in [1.54, 1.807) is 0 Å². The van der Waals surface area contributed by atoms with Crippen LogP contribution in [0.15, 0.2) is 42.5 Å². The third-order valence-electron chi connectivity index (χ3n) is 2.90. The first kappa shape index (κ1) is 14.3. The number of alkyl halides is 3. The predicted octanol–water partition coefficient (Wildman–Crippen LogP) is 3.51. The molecule has 0 spiro atoms. The second kappa shape index (κ2) is 5.13. The highest BCUT2D eigenvalue weighted by atomic mass is 19.4. The van der Waals surface area contributed by atoms with Gasteiger partial charge in [-0.25, -0.2) is 4.39 Å². The Labute approximate surface area is 112 Å². The number of nitrogens with two attached hydrogens (primary N) is 1. The molecule has 1 unspecified atom stereocenters. The molecule has 2 nitrogen and oxygen atoms in total. The minimum atomic E-state index is -4.44. The first-order chi connectivity index (χ1) is 9.29. The Morgan fingerprint density at radius 2 is 1.60 bits per heavy atom. The molecule has 106 valence electrons. The topological polar surface area (TPSA) is 46.2 Å². The minimum absolute atomic E-state index is 0.116. The van der Waals surface area contributed by atoms with E-state index in [0.29, 0.717) is 0 Å². The zero-order chi connectivity index (χ0) is 14.9. The van der Waals surface area contributed by atoms with Crippen LogP contribution in [-0.2, 0) is 6.18 Å². The van der Waals surface area contributed by atoms with E-state index in [2.05, 4.69) is 0 Å². The van der Waals surface area contributed by atoms with Crippen molar-refractivity contribution in [2.45, 2.75) is 12.3 Å². The number of benzene rings is 2. The summed E-state index contributed by atoms with van der Waals surface area (Å²) in [5, 5.41) is 10.1. The van der Waals surface area contributed by atoms with Gasteiger partial charge in [0.1, 0.15) is 11.9 Å². The molecule has 20 heavy (non-hydrogen) atoms. The molecule has 0 aromatic heterocycles. The standard InChI is InChI=1S/C14H11F4NO/c15-10-5-6-12(19)11(7-10)13(20)8-1-3-9(4-2-8)14(16,17)18/h1-7,13,20H,19H2. The fourth-order valence-electron chi connectivity index (χ4n) is 1.82. The maximum Gasteiger partial charge on any atom is 0.416 e. The summed E-state index contributed by atoms with van der Waals surface area (Å²) in [4.78, 5) is 0. The lowest BCUT2D eigenvalue weighted by molar-refractivity contribution is -0.137. The van der Waals surface area contributed by atoms with Crippen LogP contribution in [0.4, 0.5) is 23.2 Å². The van der Waals surface area contributed by atoms with Gasteiger partial charge in [0.05, 0.1) is 5.56 Å². The number of halogens is 4. The van der Waals surface area contributed by atoms with Crippen molar-refractivity contribution in [3.63, 3.8) is 0 Å². The Hall–Kier alpha value is -2.08. The Kier molecular flexibility index (Phi) is 3.67. The molecule has 0 radical (unpaired) electrons. The van der Waals surface area contributed by atoms with Crippen LogP contribution in [0.3, 0.4) is 0 Å². The average molecular weight is 285 g/mol. The van der Waals surface area contributed by atoms with Gasteiger partial charge in [0.15, 0.2) is 0 Å². The summed E-state index contributed by atoms with van der Waals surface area (Å²) in [6.45, 7) is 0. The van der Waals surface area contributed by atoms with E-state index in [9.17, 15) is 22.7 Å². The number of nitrogen functional groups attached to an aromatic ring is 1. The van der Waals surface area contributed by atoms with Crippen molar-refractivity contribution >= 4 is 5.69 Å². The average Bonchev–Trinajstić information content (AvgIpc) is 2.40. The molecule has 0 saturated heterocycles. The van der Waals surface area contributed by atoms with Crippen LogP contribution in [0, 0.1) is 5.82 Å². The number of aliphatic hydroxyl groups is 1. The Morgan fingerprint density at radius 1 is 1.00 bits per heavy atom. The molecule has 0 bridgehead atoms. The predicted molar refractivity (Wildman–Crippen MR) is 66.3 cm³/mol. The van der Waals surface area contributed by atoms with Gasteiger partial charge in [-0.2, -0.15) is 13.2 Å². The van der Waals surface area contributed by atoms with E-state index >= 15 is 0 Å². The Bertz CT molecular complexity index is 608. The second-order valence-corrected chi connectivity index (χ2v) is 4.30. The number of aliphatic hydroxyl groups excluding tert-OH is 1. The van der Waals surface area contributed by atoms with Crippen LogP contribution in [0.1, 0.15) is 22.8 Å². The number of anilines is 1. The second-order valence-electron chi connectivity index (χ2n) is 4.30. The zero-order valence-corrected chi connectivity index (χ0v) is 10.2. The third kappa shape index (κ3) is 2.91. The SMILES string of the molecule is Nc1ccc(F)cc1C(O)c1ccc(C(F)(F)F)cc1. The lowest BCUT2D eigenvalue weighted by atomic mass is 9.99. The summed E-state index contributed by atoms with van der Waals surface area (Å²) < 4.78 is 50.4. The van der Waals surface area contributed by atoms with Crippen molar-refractivity contribution < 1.29 is 22.7 Å². The van der Waals surface area contributed by atoms with E-state index in [4.69, 9.17) is 5.73 Å². The lowest BCUT2D eigenvalue weighted by Crippen LogP contribution is -2.07. The highest BCUT2D eigenvalue weighted by Crippen LogP contribution is 2.32. The van der Waals surface area contributed by atoms with Crippen molar-refractivity contribution in [1.29, 1.82) is 0 Å². The maximum atomic E-state index is 13.1. The summed E-state index contributed by atoms with van der Waals surface area (Å²) in [6, 6.07) is 7.46. The zero-order valence-electron chi connectivity index (χ0n) is 10.2. The normalized spacial score (nSPS) is 13.2. The highest BCUT2D eigenvalue weighted by Gasteiger charge is 2.30. The summed E-state index contributed by atoms with van der Waals surface area (Å²) in [5.74, 6) is -0.583. The smallest absolute Gasteiger partial charge is 0.398 e.